The second-order valence-electron chi connectivity index (χ2n) is 5.88. The molecule has 1 N–H and O–H groups in total. The molecule has 4 heteroatoms. The highest BCUT2D eigenvalue weighted by Crippen LogP contribution is 2.22. The van der Waals surface area contributed by atoms with E-state index < -0.39 is 6.04 Å². The number of carbonyl (C=O) groups is 2. The standard InChI is InChI=1S/C19H20N2O2/c1-14-9-11-15(12-10-14)19(23)21-13-5-8-17(21)18(22)20-16-6-3-2-4-7-16/h2-4,6-7,9-12,17H,5,8,13H2,1H3,(H,20,22). The lowest BCUT2D eigenvalue weighted by Crippen LogP contribution is -2.43. The Morgan fingerprint density at radius 1 is 1.04 bits per heavy atom. The van der Waals surface area contributed by atoms with E-state index in [2.05, 4.69) is 5.32 Å². The van der Waals surface area contributed by atoms with Gasteiger partial charge in [-0.1, -0.05) is 35.9 Å². The van der Waals surface area contributed by atoms with Gasteiger partial charge in [-0.15, -0.1) is 0 Å². The molecule has 1 atom stereocenters. The van der Waals surface area contributed by atoms with Gasteiger partial charge in [-0.05, 0) is 44.0 Å². The first-order valence-electron chi connectivity index (χ1n) is 7.89. The summed E-state index contributed by atoms with van der Waals surface area (Å²) in [5.74, 6) is -0.190. The van der Waals surface area contributed by atoms with Crippen molar-refractivity contribution in [3.05, 3.63) is 65.7 Å². The lowest BCUT2D eigenvalue weighted by atomic mass is 10.1. The highest BCUT2D eigenvalue weighted by Gasteiger charge is 2.34. The zero-order chi connectivity index (χ0) is 16.2. The molecule has 23 heavy (non-hydrogen) atoms. The molecule has 2 aromatic carbocycles. The number of anilines is 1. The molecule has 1 aliphatic heterocycles. The first kappa shape index (κ1) is 15.3. The van der Waals surface area contributed by atoms with Crippen molar-refractivity contribution in [3.8, 4) is 0 Å². The number of hydrogen-bond donors (Lipinski definition) is 1. The molecule has 1 aliphatic rings. The van der Waals surface area contributed by atoms with Crippen LogP contribution >= 0.6 is 0 Å². The summed E-state index contributed by atoms with van der Waals surface area (Å²) in [4.78, 5) is 26.9. The van der Waals surface area contributed by atoms with Gasteiger partial charge in [0.15, 0.2) is 0 Å². The van der Waals surface area contributed by atoms with Crippen LogP contribution < -0.4 is 5.32 Å². The van der Waals surface area contributed by atoms with Gasteiger partial charge in [-0.25, -0.2) is 0 Å². The number of benzene rings is 2. The zero-order valence-electron chi connectivity index (χ0n) is 13.2. The molecule has 0 radical (unpaired) electrons. The Labute approximate surface area is 136 Å². The van der Waals surface area contributed by atoms with Crippen LogP contribution in [0, 0.1) is 6.92 Å². The molecule has 1 fully saturated rings. The first-order chi connectivity index (χ1) is 11.1. The van der Waals surface area contributed by atoms with E-state index in [1.54, 1.807) is 4.90 Å². The lowest BCUT2D eigenvalue weighted by molar-refractivity contribution is -0.119. The van der Waals surface area contributed by atoms with Crippen molar-refractivity contribution in [2.45, 2.75) is 25.8 Å². The van der Waals surface area contributed by atoms with Gasteiger partial charge in [0.1, 0.15) is 6.04 Å². The highest BCUT2D eigenvalue weighted by atomic mass is 16.2. The maximum Gasteiger partial charge on any atom is 0.254 e. The fourth-order valence-electron chi connectivity index (χ4n) is 2.89. The number of amides is 2. The summed E-state index contributed by atoms with van der Waals surface area (Å²) in [6, 6.07) is 16.4. The number of hydrogen-bond acceptors (Lipinski definition) is 2. The van der Waals surface area contributed by atoms with Crippen LogP contribution in [-0.4, -0.2) is 29.3 Å². The molecule has 118 valence electrons. The number of carbonyl (C=O) groups excluding carboxylic acids is 2. The van der Waals surface area contributed by atoms with Gasteiger partial charge in [0.05, 0.1) is 0 Å². The molecule has 0 spiro atoms. The van der Waals surface area contributed by atoms with Crippen LogP contribution in [0.25, 0.3) is 0 Å². The quantitative estimate of drug-likeness (QED) is 0.946. The van der Waals surface area contributed by atoms with Gasteiger partial charge >= 0.3 is 0 Å². The van der Waals surface area contributed by atoms with Crippen LogP contribution in [-0.2, 0) is 4.79 Å². The molecule has 1 saturated heterocycles. The molecular formula is C19H20N2O2. The van der Waals surface area contributed by atoms with E-state index >= 15 is 0 Å². The molecule has 0 aliphatic carbocycles. The molecule has 0 aromatic heterocycles. The second kappa shape index (κ2) is 6.65. The van der Waals surface area contributed by atoms with Crippen LogP contribution in [0.3, 0.4) is 0 Å². The lowest BCUT2D eigenvalue weighted by Gasteiger charge is -2.24. The molecule has 1 heterocycles. The highest BCUT2D eigenvalue weighted by molar-refractivity contribution is 6.01. The van der Waals surface area contributed by atoms with Crippen molar-refractivity contribution < 1.29 is 9.59 Å². The Bertz CT molecular complexity index is 695. The average molecular weight is 308 g/mol. The van der Waals surface area contributed by atoms with Gasteiger partial charge in [0.25, 0.3) is 5.91 Å². The average Bonchev–Trinajstić information content (AvgIpc) is 3.05. The molecule has 0 saturated carbocycles. The summed E-state index contributed by atoms with van der Waals surface area (Å²) < 4.78 is 0. The molecular weight excluding hydrogens is 288 g/mol. The number of para-hydroxylation sites is 1. The number of rotatable bonds is 3. The third kappa shape index (κ3) is 3.42. The SMILES string of the molecule is Cc1ccc(C(=O)N2CCCC2C(=O)Nc2ccccc2)cc1. The normalized spacial score (nSPS) is 17.1. The largest absolute Gasteiger partial charge is 0.327 e. The Balaban J connectivity index is 1.73. The number of nitrogens with zero attached hydrogens (tertiary/aromatic N) is 1. The van der Waals surface area contributed by atoms with Crippen LogP contribution in [0.4, 0.5) is 5.69 Å². The maximum atomic E-state index is 12.7. The maximum absolute atomic E-state index is 12.7. The Kier molecular flexibility index (Phi) is 4.42. The van der Waals surface area contributed by atoms with E-state index in [0.29, 0.717) is 18.5 Å². The molecule has 1 unspecified atom stereocenters. The van der Waals surface area contributed by atoms with Gasteiger partial charge < -0.3 is 10.2 Å². The van der Waals surface area contributed by atoms with Crippen LogP contribution in [0.2, 0.25) is 0 Å². The Hall–Kier alpha value is -2.62. The van der Waals surface area contributed by atoms with Crippen molar-refractivity contribution in [2.75, 3.05) is 11.9 Å². The van der Waals surface area contributed by atoms with E-state index in [1.807, 2.05) is 61.5 Å². The van der Waals surface area contributed by atoms with Crippen LogP contribution in [0.5, 0.6) is 0 Å². The topological polar surface area (TPSA) is 49.4 Å². The summed E-state index contributed by atoms with van der Waals surface area (Å²) in [7, 11) is 0. The fraction of sp³-hybridized carbons (Fsp3) is 0.263. The summed E-state index contributed by atoms with van der Waals surface area (Å²) in [5.41, 5.74) is 2.50. The molecule has 2 aromatic rings. The monoisotopic (exact) mass is 308 g/mol. The van der Waals surface area contributed by atoms with Gasteiger partial charge in [0, 0.05) is 17.8 Å². The summed E-state index contributed by atoms with van der Waals surface area (Å²) >= 11 is 0. The minimum atomic E-state index is -0.399. The third-order valence-corrected chi connectivity index (χ3v) is 4.16. The third-order valence-electron chi connectivity index (χ3n) is 4.16. The predicted molar refractivity (Wildman–Crippen MR) is 90.3 cm³/mol. The molecule has 4 nitrogen and oxygen atoms in total. The zero-order valence-corrected chi connectivity index (χ0v) is 13.2. The van der Waals surface area contributed by atoms with Crippen LogP contribution in [0.1, 0.15) is 28.8 Å². The van der Waals surface area contributed by atoms with Crippen LogP contribution in [0.15, 0.2) is 54.6 Å². The Morgan fingerprint density at radius 2 is 1.74 bits per heavy atom. The van der Waals surface area contributed by atoms with E-state index in [1.165, 1.54) is 0 Å². The molecule has 0 bridgehead atoms. The predicted octanol–water partition coefficient (Wildman–Crippen LogP) is 3.24. The van der Waals surface area contributed by atoms with Crippen molar-refractivity contribution in [1.82, 2.24) is 4.90 Å². The summed E-state index contributed by atoms with van der Waals surface area (Å²) in [5, 5.41) is 2.90. The van der Waals surface area contributed by atoms with Gasteiger partial charge in [-0.2, -0.15) is 0 Å². The van der Waals surface area contributed by atoms with E-state index in [9.17, 15) is 9.59 Å². The number of nitrogens with one attached hydrogen (secondary N) is 1. The van der Waals surface area contributed by atoms with Gasteiger partial charge in [-0.3, -0.25) is 9.59 Å². The summed E-state index contributed by atoms with van der Waals surface area (Å²) in [6.45, 7) is 2.61. The second-order valence-corrected chi connectivity index (χ2v) is 5.88. The Morgan fingerprint density at radius 3 is 2.43 bits per heavy atom. The smallest absolute Gasteiger partial charge is 0.254 e. The van der Waals surface area contributed by atoms with Crippen molar-refractivity contribution in [3.63, 3.8) is 0 Å². The minimum Gasteiger partial charge on any atom is -0.327 e. The van der Waals surface area contributed by atoms with E-state index in [-0.39, 0.29) is 11.8 Å². The van der Waals surface area contributed by atoms with E-state index in [4.69, 9.17) is 0 Å². The van der Waals surface area contributed by atoms with Crippen molar-refractivity contribution in [2.24, 2.45) is 0 Å². The number of aryl methyl sites for hydroxylation is 1. The van der Waals surface area contributed by atoms with Crippen molar-refractivity contribution >= 4 is 17.5 Å². The molecule has 3 rings (SSSR count). The van der Waals surface area contributed by atoms with Crippen molar-refractivity contribution in [1.29, 1.82) is 0 Å². The van der Waals surface area contributed by atoms with Gasteiger partial charge in [0.2, 0.25) is 5.91 Å². The molecule has 2 amide bonds. The minimum absolute atomic E-state index is 0.0734. The first-order valence-corrected chi connectivity index (χ1v) is 7.89. The number of likely N-dealkylation sites (tertiary alicyclic amines) is 1. The van der Waals surface area contributed by atoms with E-state index in [0.717, 1.165) is 17.7 Å². The fourth-order valence-corrected chi connectivity index (χ4v) is 2.89. The summed E-state index contributed by atoms with van der Waals surface area (Å²) in [6.07, 6.45) is 1.56.